The van der Waals surface area contributed by atoms with Gasteiger partial charge in [-0.25, -0.2) is 4.79 Å². The van der Waals surface area contributed by atoms with Gasteiger partial charge in [-0.05, 0) is 65.7 Å². The van der Waals surface area contributed by atoms with E-state index in [1.807, 2.05) is 50.2 Å². The average Bonchev–Trinajstić information content (AvgIpc) is 3.12. The first-order valence-corrected chi connectivity index (χ1v) is 9.76. The van der Waals surface area contributed by atoms with E-state index in [-0.39, 0.29) is 18.2 Å². The van der Waals surface area contributed by atoms with Crippen LogP contribution in [-0.2, 0) is 13.7 Å². The number of ether oxygens (including phenoxy) is 2. The maximum absolute atomic E-state index is 12.3. The van der Waals surface area contributed by atoms with E-state index in [0.29, 0.717) is 11.4 Å². The van der Waals surface area contributed by atoms with Crippen LogP contribution >= 0.6 is 0 Å². The van der Waals surface area contributed by atoms with Gasteiger partial charge >= 0.3 is 5.69 Å². The van der Waals surface area contributed by atoms with Crippen molar-refractivity contribution in [2.24, 2.45) is 7.05 Å². The molecule has 0 atom stereocenters. The van der Waals surface area contributed by atoms with Crippen LogP contribution in [0, 0.1) is 26.4 Å². The molecule has 4 aromatic rings. The molecular formula is C23H20N6O3. The summed E-state index contributed by atoms with van der Waals surface area (Å²) in [4.78, 5) is 12.3. The normalized spacial score (nSPS) is 10.6. The molecule has 0 aliphatic rings. The van der Waals surface area contributed by atoms with E-state index in [2.05, 4.69) is 26.7 Å². The highest BCUT2D eigenvalue weighted by molar-refractivity contribution is 5.61. The molecule has 4 rings (SSSR count). The van der Waals surface area contributed by atoms with E-state index < -0.39 is 0 Å². The maximum atomic E-state index is 12.3. The lowest BCUT2D eigenvalue weighted by atomic mass is 10.1. The Bertz CT molecular complexity index is 1370. The van der Waals surface area contributed by atoms with Gasteiger partial charge in [-0.2, -0.15) is 9.36 Å². The lowest BCUT2D eigenvalue weighted by Crippen LogP contribution is -2.23. The molecule has 2 heterocycles. The Morgan fingerprint density at radius 2 is 1.88 bits per heavy atom. The molecule has 0 fully saturated rings. The summed E-state index contributed by atoms with van der Waals surface area (Å²) in [5.74, 6) is 0.985. The van der Waals surface area contributed by atoms with Crippen molar-refractivity contribution in [3.05, 3.63) is 75.7 Å². The van der Waals surface area contributed by atoms with Gasteiger partial charge < -0.3 is 9.47 Å². The SMILES string of the molecule is C#COc1ccc(-c2ccc(OCc3c(C)cccc3-n3nnn(C)c3=O)c(C)c2)nn1. The monoisotopic (exact) mass is 428 g/mol. The zero-order valence-electron chi connectivity index (χ0n) is 17.8. The van der Waals surface area contributed by atoms with E-state index in [0.717, 1.165) is 28.0 Å². The van der Waals surface area contributed by atoms with Crippen molar-refractivity contribution in [1.29, 1.82) is 0 Å². The molecule has 0 amide bonds. The van der Waals surface area contributed by atoms with Crippen LogP contribution in [0.4, 0.5) is 0 Å². The summed E-state index contributed by atoms with van der Waals surface area (Å²) in [7, 11) is 1.56. The molecule has 32 heavy (non-hydrogen) atoms. The molecule has 2 aromatic heterocycles. The predicted octanol–water partition coefficient (Wildman–Crippen LogP) is 2.59. The standard InChI is InChI=1S/C23H20N6O3/c1-5-31-22-12-10-19(24-25-22)17-9-11-21(16(3)13-17)32-14-18-15(2)7-6-8-20(18)29-23(30)28(4)26-27-29/h1,6-13H,14H2,2-4H3. The van der Waals surface area contributed by atoms with Gasteiger partial charge in [-0.1, -0.05) is 18.6 Å². The van der Waals surface area contributed by atoms with E-state index in [1.54, 1.807) is 19.2 Å². The van der Waals surface area contributed by atoms with Crippen molar-refractivity contribution in [1.82, 2.24) is 30.0 Å². The van der Waals surface area contributed by atoms with Crippen molar-refractivity contribution >= 4 is 0 Å². The van der Waals surface area contributed by atoms with Crippen LogP contribution in [0.1, 0.15) is 16.7 Å². The molecule has 9 nitrogen and oxygen atoms in total. The van der Waals surface area contributed by atoms with Crippen LogP contribution in [0.5, 0.6) is 11.6 Å². The molecule has 160 valence electrons. The van der Waals surface area contributed by atoms with Crippen LogP contribution in [0.3, 0.4) is 0 Å². The first-order chi connectivity index (χ1) is 15.5. The second-order valence-corrected chi connectivity index (χ2v) is 7.12. The van der Waals surface area contributed by atoms with Gasteiger partial charge in [-0.3, -0.25) is 0 Å². The third-order valence-electron chi connectivity index (χ3n) is 4.98. The van der Waals surface area contributed by atoms with Crippen molar-refractivity contribution < 1.29 is 9.47 Å². The molecule has 0 bridgehead atoms. The van der Waals surface area contributed by atoms with Crippen LogP contribution in [-0.4, -0.2) is 30.0 Å². The third-order valence-corrected chi connectivity index (χ3v) is 4.98. The molecule has 2 aromatic carbocycles. The van der Waals surface area contributed by atoms with Gasteiger partial charge in [0.2, 0.25) is 5.88 Å². The van der Waals surface area contributed by atoms with Gasteiger partial charge in [-0.15, -0.1) is 10.2 Å². The van der Waals surface area contributed by atoms with Crippen molar-refractivity contribution in [2.75, 3.05) is 0 Å². The molecule has 0 spiro atoms. The smallest absolute Gasteiger partial charge is 0.368 e. The maximum Gasteiger partial charge on any atom is 0.368 e. The average molecular weight is 428 g/mol. The summed E-state index contributed by atoms with van der Waals surface area (Å²) in [6.45, 7) is 4.18. The Balaban J connectivity index is 1.57. The minimum absolute atomic E-state index is 0.267. The number of benzene rings is 2. The molecule has 0 saturated heterocycles. The lowest BCUT2D eigenvalue weighted by Gasteiger charge is -2.14. The lowest BCUT2D eigenvalue weighted by molar-refractivity contribution is 0.302. The summed E-state index contributed by atoms with van der Waals surface area (Å²) in [6.07, 6.45) is 7.16. The van der Waals surface area contributed by atoms with Gasteiger partial charge in [0.15, 0.2) is 0 Å². The van der Waals surface area contributed by atoms with Crippen molar-refractivity contribution in [3.8, 4) is 41.1 Å². The second kappa shape index (κ2) is 8.73. The number of terminal acetylenes is 1. The number of aromatic nitrogens is 6. The summed E-state index contributed by atoms with van der Waals surface area (Å²) in [6, 6.07) is 14.9. The van der Waals surface area contributed by atoms with Crippen LogP contribution in [0.15, 0.2) is 53.3 Å². The van der Waals surface area contributed by atoms with Crippen LogP contribution in [0.2, 0.25) is 0 Å². The molecule has 0 radical (unpaired) electrons. The second-order valence-electron chi connectivity index (χ2n) is 7.12. The predicted molar refractivity (Wildman–Crippen MR) is 117 cm³/mol. The number of hydrogen-bond donors (Lipinski definition) is 0. The number of hydrogen-bond acceptors (Lipinski definition) is 7. The van der Waals surface area contributed by atoms with E-state index in [9.17, 15) is 4.79 Å². The van der Waals surface area contributed by atoms with E-state index in [4.69, 9.17) is 15.9 Å². The highest BCUT2D eigenvalue weighted by atomic mass is 16.5. The molecule has 0 saturated carbocycles. The Labute approximate surface area is 184 Å². The summed E-state index contributed by atoms with van der Waals surface area (Å²) < 4.78 is 13.4. The molecule has 0 N–H and O–H groups in total. The molecule has 0 unspecified atom stereocenters. The van der Waals surface area contributed by atoms with Crippen molar-refractivity contribution in [3.63, 3.8) is 0 Å². The van der Waals surface area contributed by atoms with E-state index >= 15 is 0 Å². The summed E-state index contributed by atoms with van der Waals surface area (Å²) in [5.41, 5.74) is 4.66. The number of rotatable bonds is 6. The van der Waals surface area contributed by atoms with Gasteiger partial charge in [0.25, 0.3) is 0 Å². The third kappa shape index (κ3) is 4.06. The molecule has 0 aliphatic carbocycles. The fraction of sp³-hybridized carbons (Fsp3) is 0.174. The molecule has 9 heteroatoms. The number of tetrazole rings is 1. The zero-order valence-corrected chi connectivity index (χ0v) is 17.8. The highest BCUT2D eigenvalue weighted by Gasteiger charge is 2.14. The van der Waals surface area contributed by atoms with Gasteiger partial charge in [0.05, 0.1) is 11.4 Å². The largest absolute Gasteiger partial charge is 0.489 e. The first-order valence-electron chi connectivity index (χ1n) is 9.76. The molecule has 0 aliphatic heterocycles. The Morgan fingerprint density at radius 1 is 1.03 bits per heavy atom. The highest BCUT2D eigenvalue weighted by Crippen LogP contribution is 2.27. The van der Waals surface area contributed by atoms with Crippen LogP contribution < -0.4 is 15.2 Å². The minimum Gasteiger partial charge on any atom is -0.489 e. The summed E-state index contributed by atoms with van der Waals surface area (Å²) in [5, 5.41) is 15.8. The quantitative estimate of drug-likeness (QED) is 0.436. The Morgan fingerprint density at radius 3 is 2.53 bits per heavy atom. The first kappa shape index (κ1) is 20.8. The fourth-order valence-corrected chi connectivity index (χ4v) is 3.25. The van der Waals surface area contributed by atoms with Crippen LogP contribution in [0.25, 0.3) is 16.9 Å². The Kier molecular flexibility index (Phi) is 5.68. The fourth-order valence-electron chi connectivity index (χ4n) is 3.25. The zero-order chi connectivity index (χ0) is 22.7. The topological polar surface area (TPSA) is 97.0 Å². The molecular weight excluding hydrogens is 408 g/mol. The van der Waals surface area contributed by atoms with E-state index in [1.165, 1.54) is 9.36 Å². The number of aryl methyl sites for hydroxylation is 3. The van der Waals surface area contributed by atoms with Gasteiger partial charge in [0, 0.05) is 24.2 Å². The summed E-state index contributed by atoms with van der Waals surface area (Å²) >= 11 is 0. The van der Waals surface area contributed by atoms with Gasteiger partial charge in [0.1, 0.15) is 18.5 Å². The Hall–Kier alpha value is -4.45. The number of nitrogens with zero attached hydrogens (tertiary/aromatic N) is 6. The van der Waals surface area contributed by atoms with Crippen molar-refractivity contribution in [2.45, 2.75) is 20.5 Å². The minimum atomic E-state index is -0.322.